The maximum Gasteiger partial charge on any atom is 0.229 e. The summed E-state index contributed by atoms with van der Waals surface area (Å²) in [6, 6.07) is 8.51. The molecule has 21 heteroatoms. The number of anilines is 2. The molecule has 6 aromatic heterocycles. The van der Waals surface area contributed by atoms with E-state index >= 15 is 0 Å². The minimum Gasteiger partial charge on any atom is -0.363 e. The summed E-state index contributed by atoms with van der Waals surface area (Å²) in [6.07, 6.45) is 11.0. The third-order valence-corrected chi connectivity index (χ3v) is 12.9. The number of hydrogen-bond donors (Lipinski definition) is 3. The van der Waals surface area contributed by atoms with E-state index in [9.17, 15) is 16.8 Å². The summed E-state index contributed by atoms with van der Waals surface area (Å²) < 4.78 is 43.8. The Morgan fingerprint density at radius 3 is 1.54 bits per heavy atom. The molecule has 2 atom stereocenters. The molecule has 2 fully saturated rings. The average molecular weight is 902 g/mol. The van der Waals surface area contributed by atoms with Crippen LogP contribution in [0.1, 0.15) is 59.6 Å². The van der Waals surface area contributed by atoms with E-state index in [-0.39, 0.29) is 12.0 Å². The monoisotopic (exact) mass is 900 g/mol. The molecule has 0 unspecified atom stereocenters. The normalized spacial score (nSPS) is 19.8. The number of rotatable bonds is 5. The van der Waals surface area contributed by atoms with Gasteiger partial charge in [-0.3, -0.25) is 0 Å². The Bertz CT molecular complexity index is 2750. The van der Waals surface area contributed by atoms with Gasteiger partial charge in [0, 0.05) is 121 Å². The fourth-order valence-corrected chi connectivity index (χ4v) is 9.50. The highest BCUT2D eigenvalue weighted by molar-refractivity contribution is 8.13. The van der Waals surface area contributed by atoms with E-state index in [0.717, 1.165) is 89.1 Å². The van der Waals surface area contributed by atoms with E-state index in [1.54, 1.807) is 12.7 Å². The number of hydrogen-bond acceptors (Lipinski definition) is 13. The van der Waals surface area contributed by atoms with Crippen molar-refractivity contribution in [1.82, 2.24) is 49.5 Å². The van der Waals surface area contributed by atoms with Gasteiger partial charge in [0.05, 0.1) is 46.7 Å². The predicted octanol–water partition coefficient (Wildman–Crippen LogP) is 5.15. The van der Waals surface area contributed by atoms with Gasteiger partial charge in [-0.1, -0.05) is 23.2 Å². The van der Waals surface area contributed by atoms with E-state index in [1.807, 2.05) is 30.6 Å². The van der Waals surface area contributed by atoms with Crippen LogP contribution in [-0.2, 0) is 45.0 Å². The van der Waals surface area contributed by atoms with E-state index in [4.69, 9.17) is 23.2 Å². The number of fused-ring (bicyclic) bond motifs is 4. The van der Waals surface area contributed by atoms with Crippen LogP contribution >= 0.6 is 33.9 Å². The van der Waals surface area contributed by atoms with E-state index < -0.39 is 19.1 Å². The topological polar surface area (TPSA) is 199 Å². The van der Waals surface area contributed by atoms with Crippen LogP contribution in [0, 0.1) is 0 Å². The number of nitrogens with one attached hydrogen (secondary N) is 3. The molecule has 0 aromatic carbocycles. The molecule has 2 saturated heterocycles. The number of pyridine rings is 2. The highest BCUT2D eigenvalue weighted by atomic mass is 35.7. The summed E-state index contributed by atoms with van der Waals surface area (Å²) in [5, 5.41) is 6.42. The van der Waals surface area contributed by atoms with Crippen LogP contribution in [0.4, 0.5) is 11.4 Å². The second-order valence-electron chi connectivity index (χ2n) is 15.5. The molecule has 0 radical (unpaired) electrons. The van der Waals surface area contributed by atoms with Crippen LogP contribution in [-0.4, -0.2) is 112 Å². The minimum absolute atomic E-state index is 0.102. The molecular weight excluding hydrogens is 859 g/mol. The van der Waals surface area contributed by atoms with Crippen LogP contribution in [0.2, 0.25) is 10.3 Å². The van der Waals surface area contributed by atoms with Gasteiger partial charge in [0.15, 0.2) is 0 Å². The van der Waals surface area contributed by atoms with Crippen LogP contribution in [0.5, 0.6) is 0 Å². The molecular formula is C38H43Cl3N12O4S2. The van der Waals surface area contributed by atoms with E-state index in [0.29, 0.717) is 41.9 Å². The molecule has 4 aliphatic heterocycles. The van der Waals surface area contributed by atoms with Crippen molar-refractivity contribution in [3.8, 4) is 0 Å². The van der Waals surface area contributed by atoms with Gasteiger partial charge >= 0.3 is 0 Å². The average Bonchev–Trinajstić information content (AvgIpc) is 3.78. The fraction of sp³-hybridized carbons (Fsp3) is 0.421. The number of aromatic nitrogens is 8. The Labute approximate surface area is 356 Å². The molecule has 0 saturated carbocycles. The first-order chi connectivity index (χ1) is 28.0. The van der Waals surface area contributed by atoms with Crippen molar-refractivity contribution in [2.75, 3.05) is 48.5 Å². The number of aromatic amines is 2. The third-order valence-electron chi connectivity index (χ3n) is 11.3. The summed E-state index contributed by atoms with van der Waals surface area (Å²) in [5.74, 6) is 0.602. The molecule has 3 N–H and O–H groups in total. The Morgan fingerprint density at radius 2 is 1.14 bits per heavy atom. The number of nitrogens with zero attached hydrogens (tertiary/aromatic N) is 9. The largest absolute Gasteiger partial charge is 0.363 e. The Balaban J connectivity index is 0.000000149. The van der Waals surface area contributed by atoms with Crippen molar-refractivity contribution in [3.63, 3.8) is 0 Å². The van der Waals surface area contributed by atoms with Crippen molar-refractivity contribution in [1.29, 1.82) is 0 Å². The van der Waals surface area contributed by atoms with Crippen LogP contribution in [0.25, 0.3) is 22.1 Å². The van der Waals surface area contributed by atoms with Gasteiger partial charge in [0.25, 0.3) is 0 Å². The number of H-pyrrole nitrogens is 2. The fourth-order valence-electron chi connectivity index (χ4n) is 8.22. The maximum atomic E-state index is 11.8. The van der Waals surface area contributed by atoms with Gasteiger partial charge < -0.3 is 25.1 Å². The van der Waals surface area contributed by atoms with Crippen molar-refractivity contribution >= 4 is 86.4 Å². The molecule has 10 rings (SSSR count). The number of halogens is 3. The standard InChI is InChI=1S/C19H21ClN6O2S.C18H19ClN6.CH3ClO2S/c1-11-5-15-14(18(23-10-22-15)12-7-25(8-12)29(2,27)28)9-26(11)16-6-17(20)24-19-13(16)3-4-21-19;1-10-4-14-13(17(23-9-22-14)11-6-20-7-11)8-25(10)15-5-16(19)24-18-12(15)2-3-21-18;1-5(2,3)4/h3-4,6,10-12H,5,7-9H2,1-2H3,(H,21,24);2-3,5,9-11,20H,4,6-8H2,1H3,(H,21,24);1H3/t11-;10-;/m11./s1. The van der Waals surface area contributed by atoms with Crippen molar-refractivity contribution in [2.24, 2.45) is 0 Å². The molecule has 4 aliphatic rings. The minimum atomic E-state index is -3.19. The Morgan fingerprint density at radius 1 is 0.695 bits per heavy atom. The SMILES string of the molecule is CS(=O)(=O)Cl.C[C@@H]1Cc2ncnc(C3CN(S(C)(=O)=O)C3)c2CN1c1cc(Cl)nc2[nH]ccc12.C[C@@H]1Cc2ncnc(C3CNC3)c2CN1c1cc(Cl)nc2[nH]ccc12. The summed E-state index contributed by atoms with van der Waals surface area (Å²) in [4.78, 5) is 38.0. The molecule has 16 nitrogen and oxygen atoms in total. The smallest absolute Gasteiger partial charge is 0.229 e. The maximum absolute atomic E-state index is 11.8. The molecule has 59 heavy (non-hydrogen) atoms. The quantitative estimate of drug-likeness (QED) is 0.152. The molecule has 0 aliphatic carbocycles. The molecule has 0 bridgehead atoms. The van der Waals surface area contributed by atoms with Gasteiger partial charge in [-0.2, -0.15) is 0 Å². The first-order valence-electron chi connectivity index (χ1n) is 19.0. The zero-order chi connectivity index (χ0) is 41.8. The van der Waals surface area contributed by atoms with Crippen molar-refractivity contribution in [3.05, 3.63) is 93.5 Å². The van der Waals surface area contributed by atoms with Gasteiger partial charge in [-0.15, -0.1) is 0 Å². The lowest BCUT2D eigenvalue weighted by Crippen LogP contribution is -2.49. The highest BCUT2D eigenvalue weighted by Gasteiger charge is 2.39. The summed E-state index contributed by atoms with van der Waals surface area (Å²) in [7, 11) is -1.85. The molecule has 0 amide bonds. The lowest BCUT2D eigenvalue weighted by molar-refractivity contribution is 0.260. The van der Waals surface area contributed by atoms with Crippen LogP contribution in [0.3, 0.4) is 0 Å². The zero-order valence-electron chi connectivity index (χ0n) is 32.7. The summed E-state index contributed by atoms with van der Waals surface area (Å²) >= 11 is 12.5. The highest BCUT2D eigenvalue weighted by Crippen LogP contribution is 2.39. The van der Waals surface area contributed by atoms with Gasteiger partial charge in [0.2, 0.25) is 19.1 Å². The van der Waals surface area contributed by atoms with Gasteiger partial charge in [0.1, 0.15) is 34.3 Å². The lowest BCUT2D eigenvalue weighted by atomic mass is 9.89. The van der Waals surface area contributed by atoms with Crippen molar-refractivity contribution < 1.29 is 16.8 Å². The molecule has 312 valence electrons. The first kappa shape index (κ1) is 41.6. The number of sulfonamides is 1. The lowest BCUT2D eigenvalue weighted by Gasteiger charge is -2.41. The Hall–Kier alpha value is -4.17. The summed E-state index contributed by atoms with van der Waals surface area (Å²) in [5.41, 5.74) is 10.5. The first-order valence-corrected chi connectivity index (χ1v) is 24.3. The van der Waals surface area contributed by atoms with Gasteiger partial charge in [-0.05, 0) is 38.1 Å². The summed E-state index contributed by atoms with van der Waals surface area (Å²) in [6.45, 7) is 8.83. The van der Waals surface area contributed by atoms with Crippen LogP contribution in [0.15, 0.2) is 49.3 Å². The van der Waals surface area contributed by atoms with E-state index in [1.165, 1.54) is 27.5 Å². The second kappa shape index (κ2) is 16.4. The van der Waals surface area contributed by atoms with Crippen LogP contribution < -0.4 is 15.1 Å². The van der Waals surface area contributed by atoms with E-state index in [2.05, 4.69) is 85.6 Å². The second-order valence-corrected chi connectivity index (χ2v) is 21.3. The van der Waals surface area contributed by atoms with Gasteiger partial charge in [-0.25, -0.2) is 51.0 Å². The predicted molar refractivity (Wildman–Crippen MR) is 230 cm³/mol. The third kappa shape index (κ3) is 8.85. The molecule has 6 aromatic rings. The zero-order valence-corrected chi connectivity index (χ0v) is 36.6. The molecule has 10 heterocycles. The van der Waals surface area contributed by atoms with Crippen molar-refractivity contribution in [2.45, 2.75) is 63.7 Å². The molecule has 0 spiro atoms. The Kier molecular flexibility index (Phi) is 11.5.